The molecule has 1 aromatic carbocycles. The highest BCUT2D eigenvalue weighted by Crippen LogP contribution is 2.19. The van der Waals surface area contributed by atoms with Crippen molar-refractivity contribution in [2.75, 3.05) is 25.7 Å². The molecule has 0 radical (unpaired) electrons. The summed E-state index contributed by atoms with van der Waals surface area (Å²) in [5.74, 6) is 2.56. The van der Waals surface area contributed by atoms with Gasteiger partial charge in [-0.2, -0.15) is 0 Å². The second kappa shape index (κ2) is 6.87. The van der Waals surface area contributed by atoms with E-state index >= 15 is 0 Å². The topological polar surface area (TPSA) is 76.4 Å². The molecule has 0 aromatic heterocycles. The summed E-state index contributed by atoms with van der Waals surface area (Å²) in [4.78, 5) is 11.6. The maximum atomic E-state index is 13.3. The average molecular weight is 259 g/mol. The number of nitrogen functional groups attached to an aromatic ring is 1. The molecular formula is C11H15F2N3O2. The largest absolute Gasteiger partial charge is 0.385 e. The average Bonchev–Trinajstić information content (AvgIpc) is 2.34. The van der Waals surface area contributed by atoms with Crippen LogP contribution >= 0.6 is 0 Å². The molecule has 0 saturated heterocycles. The molecule has 0 spiro atoms. The van der Waals surface area contributed by atoms with E-state index < -0.39 is 23.2 Å². The van der Waals surface area contributed by atoms with E-state index in [1.807, 2.05) is 5.43 Å². The Kier molecular flexibility index (Phi) is 5.47. The van der Waals surface area contributed by atoms with Crippen molar-refractivity contribution in [1.82, 2.24) is 5.32 Å². The molecule has 0 atom stereocenters. The number of amides is 1. The van der Waals surface area contributed by atoms with E-state index in [1.165, 1.54) is 0 Å². The highest BCUT2D eigenvalue weighted by atomic mass is 19.1. The van der Waals surface area contributed by atoms with Gasteiger partial charge >= 0.3 is 0 Å². The molecule has 0 heterocycles. The van der Waals surface area contributed by atoms with Crippen LogP contribution in [0.25, 0.3) is 0 Å². The van der Waals surface area contributed by atoms with Crippen LogP contribution < -0.4 is 16.6 Å². The van der Waals surface area contributed by atoms with Crippen LogP contribution in [0.3, 0.4) is 0 Å². The molecule has 0 fully saturated rings. The number of carbonyl (C=O) groups is 1. The van der Waals surface area contributed by atoms with Gasteiger partial charge in [-0.15, -0.1) is 0 Å². The molecule has 0 aliphatic carbocycles. The zero-order valence-electron chi connectivity index (χ0n) is 9.93. The Balaban J connectivity index is 2.69. The summed E-state index contributed by atoms with van der Waals surface area (Å²) < 4.78 is 31.5. The Morgan fingerprint density at radius 1 is 1.39 bits per heavy atom. The van der Waals surface area contributed by atoms with Crippen molar-refractivity contribution in [1.29, 1.82) is 0 Å². The number of hydrogen-bond acceptors (Lipinski definition) is 4. The summed E-state index contributed by atoms with van der Waals surface area (Å²) >= 11 is 0. The van der Waals surface area contributed by atoms with Crippen LogP contribution in [0.5, 0.6) is 0 Å². The number of ether oxygens (including phenoxy) is 1. The van der Waals surface area contributed by atoms with Gasteiger partial charge in [0.25, 0.3) is 5.91 Å². The first-order chi connectivity index (χ1) is 8.60. The number of methoxy groups -OCH3 is 1. The number of carbonyl (C=O) groups excluding carboxylic acids is 1. The van der Waals surface area contributed by atoms with Crippen LogP contribution in [0.15, 0.2) is 12.1 Å². The van der Waals surface area contributed by atoms with Crippen LogP contribution in [0.4, 0.5) is 14.5 Å². The van der Waals surface area contributed by atoms with Gasteiger partial charge in [-0.25, -0.2) is 8.78 Å². The summed E-state index contributed by atoms with van der Waals surface area (Å²) in [6, 6.07) is 1.84. The third-order valence-electron chi connectivity index (χ3n) is 2.26. The molecule has 0 aliphatic heterocycles. The molecule has 1 rings (SSSR count). The number of hydrazine groups is 1. The maximum absolute atomic E-state index is 13.3. The fourth-order valence-corrected chi connectivity index (χ4v) is 1.36. The summed E-state index contributed by atoms with van der Waals surface area (Å²) in [7, 11) is 1.55. The number of hydrogen-bond donors (Lipinski definition) is 3. The van der Waals surface area contributed by atoms with Gasteiger partial charge in [0.2, 0.25) is 0 Å². The van der Waals surface area contributed by atoms with Gasteiger partial charge in [0, 0.05) is 25.8 Å². The Morgan fingerprint density at radius 3 is 2.50 bits per heavy atom. The third kappa shape index (κ3) is 3.64. The van der Waals surface area contributed by atoms with Crippen LogP contribution in [0.1, 0.15) is 16.8 Å². The van der Waals surface area contributed by atoms with Gasteiger partial charge in [-0.3, -0.25) is 10.6 Å². The standard InChI is InChI=1S/C11H15F2N3O2/c1-18-4-2-3-15-11(17)7-5-8(12)10(16-14)9(13)6-7/h5-6,16H,2-4,14H2,1H3,(H,15,17). The highest BCUT2D eigenvalue weighted by Gasteiger charge is 2.14. The summed E-state index contributed by atoms with van der Waals surface area (Å²) in [6.45, 7) is 0.867. The first-order valence-corrected chi connectivity index (χ1v) is 5.33. The Morgan fingerprint density at radius 2 is 2.00 bits per heavy atom. The van der Waals surface area contributed by atoms with Gasteiger partial charge in [0.05, 0.1) is 0 Å². The molecule has 0 aliphatic rings. The van der Waals surface area contributed by atoms with E-state index in [4.69, 9.17) is 10.6 Å². The Labute approximate surface area is 103 Å². The van der Waals surface area contributed by atoms with Crippen molar-refractivity contribution in [2.24, 2.45) is 5.84 Å². The van der Waals surface area contributed by atoms with E-state index in [2.05, 4.69) is 5.32 Å². The van der Waals surface area contributed by atoms with E-state index in [0.29, 0.717) is 19.6 Å². The molecule has 7 heteroatoms. The molecule has 5 nitrogen and oxygen atoms in total. The fourth-order valence-electron chi connectivity index (χ4n) is 1.36. The summed E-state index contributed by atoms with van der Waals surface area (Å²) in [5.41, 5.74) is 1.33. The fraction of sp³-hybridized carbons (Fsp3) is 0.364. The minimum atomic E-state index is -0.917. The highest BCUT2D eigenvalue weighted by molar-refractivity contribution is 5.94. The number of nitrogens with two attached hydrogens (primary N) is 1. The van der Waals surface area contributed by atoms with Crippen LogP contribution in [0.2, 0.25) is 0 Å². The molecule has 0 unspecified atom stereocenters. The second-order valence-corrected chi connectivity index (χ2v) is 3.56. The van der Waals surface area contributed by atoms with E-state index in [0.717, 1.165) is 12.1 Å². The summed E-state index contributed by atoms with van der Waals surface area (Å²) in [5, 5.41) is 2.52. The second-order valence-electron chi connectivity index (χ2n) is 3.56. The lowest BCUT2D eigenvalue weighted by Gasteiger charge is -2.08. The lowest BCUT2D eigenvalue weighted by molar-refractivity contribution is 0.0947. The van der Waals surface area contributed by atoms with Gasteiger partial charge in [0.15, 0.2) is 11.6 Å². The van der Waals surface area contributed by atoms with Crippen LogP contribution in [-0.2, 0) is 4.74 Å². The third-order valence-corrected chi connectivity index (χ3v) is 2.26. The van der Waals surface area contributed by atoms with E-state index in [9.17, 15) is 13.6 Å². The number of benzene rings is 1. The number of nitrogens with one attached hydrogen (secondary N) is 2. The number of halogens is 2. The molecular weight excluding hydrogens is 244 g/mol. The molecule has 0 bridgehead atoms. The van der Waals surface area contributed by atoms with Crippen molar-refractivity contribution in [3.8, 4) is 0 Å². The molecule has 1 amide bonds. The normalized spacial score (nSPS) is 10.2. The predicted octanol–water partition coefficient (Wildman–Crippen LogP) is 1.02. The zero-order chi connectivity index (χ0) is 13.5. The first kappa shape index (κ1) is 14.3. The quantitative estimate of drug-likeness (QED) is 0.405. The Bertz CT molecular complexity index is 404. The molecule has 18 heavy (non-hydrogen) atoms. The van der Waals surface area contributed by atoms with Gasteiger partial charge in [-0.05, 0) is 18.6 Å². The smallest absolute Gasteiger partial charge is 0.251 e. The number of rotatable bonds is 6. The lowest BCUT2D eigenvalue weighted by Crippen LogP contribution is -2.25. The van der Waals surface area contributed by atoms with Crippen LogP contribution in [0, 0.1) is 11.6 Å². The number of anilines is 1. The lowest BCUT2D eigenvalue weighted by atomic mass is 10.1. The van der Waals surface area contributed by atoms with Crippen LogP contribution in [-0.4, -0.2) is 26.2 Å². The Hall–Kier alpha value is -1.73. The van der Waals surface area contributed by atoms with Crippen molar-refractivity contribution < 1.29 is 18.3 Å². The van der Waals surface area contributed by atoms with Crippen molar-refractivity contribution in [3.63, 3.8) is 0 Å². The monoisotopic (exact) mass is 259 g/mol. The SMILES string of the molecule is COCCCNC(=O)c1cc(F)c(NN)c(F)c1. The van der Waals surface area contributed by atoms with Crippen molar-refractivity contribution in [2.45, 2.75) is 6.42 Å². The van der Waals surface area contributed by atoms with Gasteiger partial charge in [-0.1, -0.05) is 0 Å². The van der Waals surface area contributed by atoms with E-state index in [-0.39, 0.29) is 5.56 Å². The molecule has 0 saturated carbocycles. The zero-order valence-corrected chi connectivity index (χ0v) is 9.93. The molecule has 100 valence electrons. The predicted molar refractivity (Wildman–Crippen MR) is 63.0 cm³/mol. The summed E-state index contributed by atoms with van der Waals surface area (Å²) in [6.07, 6.45) is 0.621. The minimum Gasteiger partial charge on any atom is -0.385 e. The maximum Gasteiger partial charge on any atom is 0.251 e. The van der Waals surface area contributed by atoms with Gasteiger partial charge in [0.1, 0.15) is 5.69 Å². The van der Waals surface area contributed by atoms with E-state index in [1.54, 1.807) is 7.11 Å². The first-order valence-electron chi connectivity index (χ1n) is 5.33. The molecule has 1 aromatic rings. The van der Waals surface area contributed by atoms with Gasteiger partial charge < -0.3 is 15.5 Å². The van der Waals surface area contributed by atoms with Crippen molar-refractivity contribution >= 4 is 11.6 Å². The minimum absolute atomic E-state index is 0.0959. The molecule has 4 N–H and O–H groups in total. The van der Waals surface area contributed by atoms with Crippen molar-refractivity contribution in [3.05, 3.63) is 29.3 Å².